The van der Waals surface area contributed by atoms with Gasteiger partial charge < -0.3 is 10.0 Å². The van der Waals surface area contributed by atoms with E-state index in [1.165, 1.54) is 0 Å². The minimum atomic E-state index is -0.308. The topological polar surface area (TPSA) is 70.4 Å². The van der Waals surface area contributed by atoms with Crippen molar-refractivity contribution >= 4 is 11.8 Å². The van der Waals surface area contributed by atoms with Crippen LogP contribution in [0.25, 0.3) is 5.69 Å². The van der Waals surface area contributed by atoms with Crippen molar-refractivity contribution in [3.8, 4) is 5.69 Å². The second-order valence-electron chi connectivity index (χ2n) is 6.41. The highest BCUT2D eigenvalue weighted by atomic mass is 16.3. The van der Waals surface area contributed by atoms with Crippen LogP contribution in [0.3, 0.4) is 0 Å². The number of para-hydroxylation sites is 1. The van der Waals surface area contributed by atoms with Gasteiger partial charge in [-0.25, -0.2) is 9.48 Å². The minimum absolute atomic E-state index is 0.116. The van der Waals surface area contributed by atoms with E-state index in [0.29, 0.717) is 18.9 Å². The number of piperidine rings is 1. The largest absolute Gasteiger partial charge is 0.393 e. The summed E-state index contributed by atoms with van der Waals surface area (Å²) in [5.41, 5.74) is 2.04. The van der Waals surface area contributed by atoms with Gasteiger partial charge in [-0.1, -0.05) is 18.2 Å². The first-order valence-electron chi connectivity index (χ1n) is 8.40. The normalized spacial score (nSPS) is 16.9. The Morgan fingerprint density at radius 3 is 2.67 bits per heavy atom. The lowest BCUT2D eigenvalue weighted by Gasteiger charge is -2.33. The molecule has 1 aromatic heterocycles. The number of anilines is 1. The van der Waals surface area contributed by atoms with E-state index in [-0.39, 0.29) is 18.1 Å². The third-order valence-corrected chi connectivity index (χ3v) is 4.73. The molecule has 1 saturated heterocycles. The molecule has 1 unspecified atom stereocenters. The highest BCUT2D eigenvalue weighted by molar-refractivity contribution is 5.88. The number of hydrogen-bond donors (Lipinski definition) is 2. The van der Waals surface area contributed by atoms with Crippen molar-refractivity contribution in [2.45, 2.75) is 32.8 Å². The Bertz CT molecular complexity index is 703. The standard InChI is InChI=1S/C18H24N4O2/c1-13-5-3-4-6-16(13)22-17(7-10-19-22)20-18(24)21-11-8-15(9-12-21)14(2)23/h3-7,10,14-15,23H,8-9,11-12H2,1-2H3,(H,20,24). The maximum Gasteiger partial charge on any atom is 0.323 e. The van der Waals surface area contributed by atoms with Gasteiger partial charge in [0, 0.05) is 19.2 Å². The van der Waals surface area contributed by atoms with E-state index in [0.717, 1.165) is 24.1 Å². The first-order chi connectivity index (χ1) is 11.6. The van der Waals surface area contributed by atoms with Gasteiger partial charge in [0.1, 0.15) is 5.82 Å². The van der Waals surface area contributed by atoms with Crippen LogP contribution in [0.15, 0.2) is 36.5 Å². The smallest absolute Gasteiger partial charge is 0.323 e. The molecule has 2 heterocycles. The third kappa shape index (κ3) is 3.43. The summed E-state index contributed by atoms with van der Waals surface area (Å²) in [6, 6.07) is 9.61. The number of amides is 2. The highest BCUT2D eigenvalue weighted by Gasteiger charge is 2.26. The molecule has 2 N–H and O–H groups in total. The van der Waals surface area contributed by atoms with E-state index in [4.69, 9.17) is 0 Å². The zero-order chi connectivity index (χ0) is 17.1. The fourth-order valence-electron chi connectivity index (χ4n) is 3.16. The Hall–Kier alpha value is -2.34. The molecule has 1 aliphatic heterocycles. The molecule has 0 bridgehead atoms. The van der Waals surface area contributed by atoms with Gasteiger partial charge in [-0.05, 0) is 44.2 Å². The number of likely N-dealkylation sites (tertiary alicyclic amines) is 1. The van der Waals surface area contributed by atoms with Crippen LogP contribution in [0.2, 0.25) is 0 Å². The average molecular weight is 328 g/mol. The van der Waals surface area contributed by atoms with Crippen LogP contribution in [0.1, 0.15) is 25.3 Å². The maximum absolute atomic E-state index is 12.5. The predicted octanol–water partition coefficient (Wildman–Crippen LogP) is 2.81. The number of carbonyl (C=O) groups is 1. The Kier molecular flexibility index (Phi) is 4.85. The van der Waals surface area contributed by atoms with Gasteiger partial charge in [-0.3, -0.25) is 5.32 Å². The molecule has 6 nitrogen and oxygen atoms in total. The summed E-state index contributed by atoms with van der Waals surface area (Å²) in [7, 11) is 0. The number of nitrogens with one attached hydrogen (secondary N) is 1. The number of urea groups is 1. The molecule has 0 spiro atoms. The van der Waals surface area contributed by atoms with Crippen molar-refractivity contribution in [2.75, 3.05) is 18.4 Å². The SMILES string of the molecule is Cc1ccccc1-n1nccc1NC(=O)N1CCC(C(C)O)CC1. The third-order valence-electron chi connectivity index (χ3n) is 4.73. The molecular weight excluding hydrogens is 304 g/mol. The second kappa shape index (κ2) is 7.05. The quantitative estimate of drug-likeness (QED) is 0.910. The Morgan fingerprint density at radius 2 is 2.00 bits per heavy atom. The van der Waals surface area contributed by atoms with E-state index in [9.17, 15) is 9.90 Å². The number of carbonyl (C=O) groups excluding carboxylic acids is 1. The number of benzene rings is 1. The molecule has 2 amide bonds. The van der Waals surface area contributed by atoms with Crippen LogP contribution in [0.4, 0.5) is 10.6 Å². The first-order valence-corrected chi connectivity index (χ1v) is 8.40. The van der Waals surface area contributed by atoms with Crippen molar-refractivity contribution < 1.29 is 9.90 Å². The molecule has 1 aromatic carbocycles. The van der Waals surface area contributed by atoms with Crippen LogP contribution in [0.5, 0.6) is 0 Å². The van der Waals surface area contributed by atoms with Gasteiger partial charge in [-0.2, -0.15) is 5.10 Å². The van der Waals surface area contributed by atoms with E-state index in [1.807, 2.05) is 38.1 Å². The van der Waals surface area contributed by atoms with Gasteiger partial charge >= 0.3 is 6.03 Å². The first kappa shape index (κ1) is 16.5. The minimum Gasteiger partial charge on any atom is -0.393 e. The molecule has 1 atom stereocenters. The molecule has 0 saturated carbocycles. The van der Waals surface area contributed by atoms with Crippen LogP contribution < -0.4 is 5.32 Å². The number of aliphatic hydroxyl groups is 1. The van der Waals surface area contributed by atoms with Crippen molar-refractivity contribution in [3.05, 3.63) is 42.1 Å². The summed E-state index contributed by atoms with van der Waals surface area (Å²) in [4.78, 5) is 14.3. The lowest BCUT2D eigenvalue weighted by molar-refractivity contribution is 0.0820. The summed E-state index contributed by atoms with van der Waals surface area (Å²) < 4.78 is 1.75. The van der Waals surface area contributed by atoms with Crippen LogP contribution in [-0.4, -0.2) is 45.0 Å². The molecule has 1 aliphatic rings. The van der Waals surface area contributed by atoms with Gasteiger partial charge in [-0.15, -0.1) is 0 Å². The summed E-state index contributed by atoms with van der Waals surface area (Å²) in [5.74, 6) is 0.943. The van der Waals surface area contributed by atoms with Crippen molar-refractivity contribution in [3.63, 3.8) is 0 Å². The number of aromatic nitrogens is 2. The van der Waals surface area contributed by atoms with Crippen LogP contribution in [0, 0.1) is 12.8 Å². The Balaban J connectivity index is 1.69. The Labute approximate surface area is 142 Å². The van der Waals surface area contributed by atoms with E-state index >= 15 is 0 Å². The predicted molar refractivity (Wildman–Crippen MR) is 93.3 cm³/mol. The fourth-order valence-corrected chi connectivity index (χ4v) is 3.16. The summed E-state index contributed by atoms with van der Waals surface area (Å²) in [5, 5.41) is 17.0. The summed E-state index contributed by atoms with van der Waals surface area (Å²) in [6.45, 7) is 5.17. The molecule has 0 radical (unpaired) electrons. The van der Waals surface area contributed by atoms with Crippen LogP contribution >= 0.6 is 0 Å². The molecule has 3 rings (SSSR count). The molecule has 2 aromatic rings. The number of nitrogens with zero attached hydrogens (tertiary/aromatic N) is 3. The summed E-state index contributed by atoms with van der Waals surface area (Å²) >= 11 is 0. The van der Waals surface area contributed by atoms with E-state index < -0.39 is 0 Å². The Morgan fingerprint density at radius 1 is 1.29 bits per heavy atom. The molecule has 24 heavy (non-hydrogen) atoms. The van der Waals surface area contributed by atoms with Crippen molar-refractivity contribution in [1.82, 2.24) is 14.7 Å². The molecule has 0 aliphatic carbocycles. The number of aliphatic hydroxyl groups excluding tert-OH is 1. The summed E-state index contributed by atoms with van der Waals surface area (Å²) in [6.07, 6.45) is 3.05. The van der Waals surface area contributed by atoms with Gasteiger partial charge in [0.2, 0.25) is 0 Å². The molecule has 1 fully saturated rings. The average Bonchev–Trinajstić information content (AvgIpc) is 3.03. The fraction of sp³-hybridized carbons (Fsp3) is 0.444. The monoisotopic (exact) mass is 328 g/mol. The van der Waals surface area contributed by atoms with E-state index in [1.54, 1.807) is 21.8 Å². The molecule has 6 heteroatoms. The van der Waals surface area contributed by atoms with Crippen molar-refractivity contribution in [2.24, 2.45) is 5.92 Å². The molecule has 128 valence electrons. The zero-order valence-corrected chi connectivity index (χ0v) is 14.1. The maximum atomic E-state index is 12.5. The number of hydrogen-bond acceptors (Lipinski definition) is 3. The zero-order valence-electron chi connectivity index (χ0n) is 14.1. The van der Waals surface area contributed by atoms with E-state index in [2.05, 4.69) is 10.4 Å². The van der Waals surface area contributed by atoms with Gasteiger partial charge in [0.15, 0.2) is 0 Å². The lowest BCUT2D eigenvalue weighted by atomic mass is 9.92. The van der Waals surface area contributed by atoms with Crippen LogP contribution in [-0.2, 0) is 0 Å². The van der Waals surface area contributed by atoms with Crippen molar-refractivity contribution in [1.29, 1.82) is 0 Å². The molecular formula is C18H24N4O2. The highest BCUT2D eigenvalue weighted by Crippen LogP contribution is 2.22. The number of rotatable bonds is 3. The second-order valence-corrected chi connectivity index (χ2v) is 6.41. The van der Waals surface area contributed by atoms with Gasteiger partial charge in [0.05, 0.1) is 18.0 Å². The number of aryl methyl sites for hydroxylation is 1. The van der Waals surface area contributed by atoms with Gasteiger partial charge in [0.25, 0.3) is 0 Å². The lowest BCUT2D eigenvalue weighted by Crippen LogP contribution is -2.43.